The minimum atomic E-state index is -1.01. The van der Waals surface area contributed by atoms with Gasteiger partial charge in [0.15, 0.2) is 6.29 Å². The van der Waals surface area contributed by atoms with Crippen LogP contribution in [0, 0.1) is 50.7 Å². The van der Waals surface area contributed by atoms with Gasteiger partial charge < -0.3 is 34.1 Å². The Hall–Kier alpha value is -0.320. The number of morpholine rings is 1. The fourth-order valence-electron chi connectivity index (χ4n) is 14.2. The Morgan fingerprint density at radius 1 is 1.02 bits per heavy atom. The molecule has 2 aliphatic heterocycles. The van der Waals surface area contributed by atoms with Crippen molar-refractivity contribution >= 4 is 0 Å². The second-order valence-corrected chi connectivity index (χ2v) is 19.6. The molecule has 8 nitrogen and oxygen atoms in total. The van der Waals surface area contributed by atoms with Crippen LogP contribution in [-0.2, 0) is 18.9 Å². The summed E-state index contributed by atoms with van der Waals surface area (Å²) in [4.78, 5) is 4.76. The molecule has 0 unspecified atom stereocenters. The fraction of sp³-hybridized carbons (Fsp3) is 1.00. The summed E-state index contributed by atoms with van der Waals surface area (Å²) in [6, 6.07) is 0. The lowest BCUT2D eigenvalue weighted by atomic mass is 9.41. The summed E-state index contributed by atoms with van der Waals surface area (Å²) in [5.74, 6) is 1.86. The van der Waals surface area contributed by atoms with Crippen molar-refractivity contribution in [3.8, 4) is 0 Å². The molecule has 0 aromatic rings. The van der Waals surface area contributed by atoms with Gasteiger partial charge in [0, 0.05) is 38.2 Å². The Morgan fingerprint density at radius 2 is 1.73 bits per heavy atom. The zero-order chi connectivity index (χ0) is 34.7. The maximum Gasteiger partial charge on any atom is 0.170 e. The van der Waals surface area contributed by atoms with E-state index in [1.54, 1.807) is 0 Å². The van der Waals surface area contributed by atoms with E-state index in [4.69, 9.17) is 18.9 Å². The minimum absolute atomic E-state index is 0.0243. The van der Waals surface area contributed by atoms with Crippen molar-refractivity contribution in [2.45, 2.75) is 149 Å². The lowest BCUT2D eigenvalue weighted by molar-refractivity contribution is -0.249. The number of hydrogen-bond acceptors (Lipinski definition) is 8. The summed E-state index contributed by atoms with van der Waals surface area (Å²) in [6.07, 6.45) is 8.12. The molecule has 5 aliphatic carbocycles. The molecule has 48 heavy (non-hydrogen) atoms. The highest BCUT2D eigenvalue weighted by molar-refractivity contribution is 5.33. The van der Waals surface area contributed by atoms with E-state index in [9.17, 15) is 10.2 Å². The molecule has 14 atom stereocenters. The van der Waals surface area contributed by atoms with Crippen molar-refractivity contribution in [2.75, 3.05) is 53.5 Å². The monoisotopic (exact) mass is 675 g/mol. The number of likely N-dealkylation sites (N-methyl/N-ethyl adjacent to an activating group) is 1. The molecule has 2 spiro atoms. The van der Waals surface area contributed by atoms with Gasteiger partial charge in [-0.15, -0.1) is 0 Å². The molecular formula is C40H70N2O6. The molecular weight excluding hydrogens is 604 g/mol. The SMILES string of the molecule is CCO[C@@H]([C@H]1C[C@@H](C)[C@H]2[C@H](O1)[C@H](O)[C@@]1(C)[C@@H]3CC[C@H]4C(C)(C)[C@@H](O[C@H]5CN(CCN(C)C)CCO5)CC[C@@]45C[C@@]35CC[C@]21C)C(C)(C)O. The third-order valence-corrected chi connectivity index (χ3v) is 16.4. The normalized spacial score (nSPS) is 50.6. The van der Waals surface area contributed by atoms with Crippen LogP contribution in [0.25, 0.3) is 0 Å². The first-order valence-corrected chi connectivity index (χ1v) is 19.8. The molecule has 7 fully saturated rings. The summed E-state index contributed by atoms with van der Waals surface area (Å²) in [5, 5.41) is 23.7. The zero-order valence-corrected chi connectivity index (χ0v) is 32.1. The van der Waals surface area contributed by atoms with E-state index in [0.717, 1.165) is 45.6 Å². The Kier molecular flexibility index (Phi) is 9.10. The molecule has 5 saturated carbocycles. The van der Waals surface area contributed by atoms with Gasteiger partial charge in [-0.1, -0.05) is 34.6 Å². The van der Waals surface area contributed by atoms with E-state index in [1.165, 1.54) is 38.5 Å². The predicted molar refractivity (Wildman–Crippen MR) is 187 cm³/mol. The number of fused-ring (bicyclic) bond motifs is 4. The summed E-state index contributed by atoms with van der Waals surface area (Å²) in [7, 11) is 4.28. The van der Waals surface area contributed by atoms with E-state index >= 15 is 0 Å². The Morgan fingerprint density at radius 3 is 2.42 bits per heavy atom. The standard InChI is InChI=1S/C40H70N2O6/c1-11-45-34(36(5,6)44)26-22-25(2)31-32(47-26)33(43)38(8)28-13-12-27-35(3,4)29(48-30-23-42(20-21-46-30)19-18-41(9)10)14-15-39(27)24-40(28,39)17-16-37(31,38)7/h25-34,43-44H,11-24H2,1-10H3/t25-,26-,27+,28+,29+,30+,31+,32+,33+,34+,37-,38-,39-,40+/m1/s1. The number of nitrogens with zero attached hydrogens (tertiary/aromatic N) is 2. The van der Waals surface area contributed by atoms with E-state index in [-0.39, 0.29) is 40.8 Å². The second kappa shape index (κ2) is 12.1. The number of rotatable bonds is 9. The largest absolute Gasteiger partial charge is 0.390 e. The van der Waals surface area contributed by atoms with E-state index in [2.05, 4.69) is 58.5 Å². The van der Waals surface area contributed by atoms with E-state index in [0.29, 0.717) is 41.1 Å². The summed E-state index contributed by atoms with van der Waals surface area (Å²) in [5.41, 5.74) is -0.423. The number of aliphatic hydroxyl groups excluding tert-OH is 1. The van der Waals surface area contributed by atoms with Crippen LogP contribution in [-0.4, -0.2) is 116 Å². The molecule has 0 aromatic heterocycles. The van der Waals surface area contributed by atoms with Crippen molar-refractivity contribution in [1.29, 1.82) is 0 Å². The van der Waals surface area contributed by atoms with Gasteiger partial charge in [-0.25, -0.2) is 0 Å². The first-order valence-electron chi connectivity index (χ1n) is 19.8. The third-order valence-electron chi connectivity index (χ3n) is 16.4. The average molecular weight is 675 g/mol. The van der Waals surface area contributed by atoms with Gasteiger partial charge in [-0.2, -0.15) is 0 Å². The molecule has 0 aromatic carbocycles. The van der Waals surface area contributed by atoms with Gasteiger partial charge in [0.05, 0.1) is 36.6 Å². The fourth-order valence-corrected chi connectivity index (χ4v) is 14.2. The maximum atomic E-state index is 12.6. The molecule has 0 amide bonds. The van der Waals surface area contributed by atoms with Gasteiger partial charge >= 0.3 is 0 Å². The molecule has 8 heteroatoms. The van der Waals surface area contributed by atoms with Crippen molar-refractivity contribution in [2.24, 2.45) is 50.7 Å². The topological polar surface area (TPSA) is 83.9 Å². The molecule has 2 heterocycles. The molecule has 0 radical (unpaired) electrons. The highest BCUT2D eigenvalue weighted by atomic mass is 16.7. The first-order chi connectivity index (χ1) is 22.5. The highest BCUT2D eigenvalue weighted by Crippen LogP contribution is 2.89. The third kappa shape index (κ3) is 5.10. The quantitative estimate of drug-likeness (QED) is 0.328. The van der Waals surface area contributed by atoms with Crippen molar-refractivity contribution in [3.05, 3.63) is 0 Å². The average Bonchev–Trinajstić information content (AvgIpc) is 3.64. The Labute approximate surface area is 291 Å². The maximum absolute atomic E-state index is 12.6. The van der Waals surface area contributed by atoms with Crippen molar-refractivity contribution in [1.82, 2.24) is 9.80 Å². The Balaban J connectivity index is 1.10. The molecule has 7 aliphatic rings. The van der Waals surface area contributed by atoms with Crippen molar-refractivity contribution in [3.63, 3.8) is 0 Å². The van der Waals surface area contributed by atoms with Gasteiger partial charge in [0.1, 0.15) is 6.10 Å². The lowest BCUT2D eigenvalue weighted by Crippen LogP contribution is -2.60. The number of aliphatic hydroxyl groups is 2. The van der Waals surface area contributed by atoms with E-state index < -0.39 is 17.8 Å². The van der Waals surface area contributed by atoms with Gasteiger partial charge in [-0.05, 0) is 132 Å². The van der Waals surface area contributed by atoms with Crippen molar-refractivity contribution < 1.29 is 29.2 Å². The Bertz CT molecular complexity index is 1190. The molecule has 0 bridgehead atoms. The lowest BCUT2D eigenvalue weighted by Gasteiger charge is -2.64. The summed E-state index contributed by atoms with van der Waals surface area (Å²) in [6.45, 7) is 23.3. The summed E-state index contributed by atoms with van der Waals surface area (Å²) < 4.78 is 26.3. The van der Waals surface area contributed by atoms with Gasteiger partial charge in [-0.3, -0.25) is 4.90 Å². The number of ether oxygens (including phenoxy) is 4. The van der Waals surface area contributed by atoms with Crippen LogP contribution in [0.1, 0.15) is 107 Å². The van der Waals surface area contributed by atoms with Crippen LogP contribution in [0.2, 0.25) is 0 Å². The van der Waals surface area contributed by atoms with Gasteiger partial charge in [0.25, 0.3) is 0 Å². The van der Waals surface area contributed by atoms with Crippen LogP contribution < -0.4 is 0 Å². The van der Waals surface area contributed by atoms with Crippen LogP contribution in [0.4, 0.5) is 0 Å². The summed E-state index contributed by atoms with van der Waals surface area (Å²) >= 11 is 0. The number of hydrogen-bond donors (Lipinski definition) is 2. The molecule has 7 rings (SSSR count). The van der Waals surface area contributed by atoms with Crippen LogP contribution in [0.15, 0.2) is 0 Å². The minimum Gasteiger partial charge on any atom is -0.390 e. The van der Waals surface area contributed by atoms with Crippen LogP contribution in [0.3, 0.4) is 0 Å². The van der Waals surface area contributed by atoms with Gasteiger partial charge in [0.2, 0.25) is 0 Å². The van der Waals surface area contributed by atoms with Crippen LogP contribution in [0.5, 0.6) is 0 Å². The predicted octanol–water partition coefficient (Wildman–Crippen LogP) is 5.58. The molecule has 276 valence electrons. The molecule has 2 N–H and O–H groups in total. The highest BCUT2D eigenvalue weighted by Gasteiger charge is 2.84. The van der Waals surface area contributed by atoms with Crippen LogP contribution >= 0.6 is 0 Å². The molecule has 2 saturated heterocycles. The second-order valence-electron chi connectivity index (χ2n) is 19.6. The smallest absolute Gasteiger partial charge is 0.170 e. The first kappa shape index (κ1) is 36.1. The zero-order valence-electron chi connectivity index (χ0n) is 32.1. The van der Waals surface area contributed by atoms with E-state index in [1.807, 2.05) is 20.8 Å².